The molecule has 5 nitrogen and oxygen atoms in total. The van der Waals surface area contributed by atoms with Gasteiger partial charge in [0.1, 0.15) is 0 Å². The molecule has 0 aliphatic carbocycles. The van der Waals surface area contributed by atoms with Gasteiger partial charge in [-0.15, -0.1) is 0 Å². The van der Waals surface area contributed by atoms with E-state index in [1.807, 2.05) is 41.3 Å². The maximum atomic E-state index is 13.0. The fourth-order valence-electron chi connectivity index (χ4n) is 3.75. The summed E-state index contributed by atoms with van der Waals surface area (Å²) in [7, 11) is 0. The van der Waals surface area contributed by atoms with E-state index in [0.29, 0.717) is 13.1 Å². The van der Waals surface area contributed by atoms with Gasteiger partial charge in [0.05, 0.1) is 12.6 Å². The molecule has 1 amide bonds. The third-order valence-corrected chi connectivity index (χ3v) is 5.35. The van der Waals surface area contributed by atoms with E-state index in [0.717, 1.165) is 52.0 Å². The van der Waals surface area contributed by atoms with Crippen LogP contribution in [0.3, 0.4) is 0 Å². The minimum Gasteiger partial charge on any atom is -0.378 e. The largest absolute Gasteiger partial charge is 0.378 e. The Morgan fingerprint density at radius 3 is 2.03 bits per heavy atom. The molecule has 0 bridgehead atoms. The van der Waals surface area contributed by atoms with Crippen molar-refractivity contribution in [3.05, 3.63) is 71.8 Å². The number of carbonyl (C=O) groups excluding carboxylic acids is 1. The molecule has 2 aromatic carbocycles. The van der Waals surface area contributed by atoms with Crippen molar-refractivity contribution >= 4 is 5.91 Å². The summed E-state index contributed by atoms with van der Waals surface area (Å²) >= 11 is 0. The smallest absolute Gasteiger partial charge is 0.236 e. The topological polar surface area (TPSA) is 58.8 Å². The summed E-state index contributed by atoms with van der Waals surface area (Å²) in [6.07, 6.45) is 2.98. The van der Waals surface area contributed by atoms with Gasteiger partial charge in [-0.05, 0) is 36.9 Å². The zero-order valence-electron chi connectivity index (χ0n) is 17.2. The van der Waals surface area contributed by atoms with Gasteiger partial charge in [-0.25, -0.2) is 0 Å². The summed E-state index contributed by atoms with van der Waals surface area (Å²) < 4.78 is 5.86. The maximum absolute atomic E-state index is 13.0. The molecular formula is C24H33N3O2. The van der Waals surface area contributed by atoms with E-state index in [-0.39, 0.29) is 12.0 Å². The average molecular weight is 396 g/mol. The maximum Gasteiger partial charge on any atom is 0.236 e. The first-order valence-electron chi connectivity index (χ1n) is 10.6. The quantitative estimate of drug-likeness (QED) is 0.628. The van der Waals surface area contributed by atoms with Gasteiger partial charge in [0.25, 0.3) is 0 Å². The number of hydrogen-bond donors (Lipinski definition) is 1. The van der Waals surface area contributed by atoms with E-state index >= 15 is 0 Å². The molecule has 156 valence electrons. The van der Waals surface area contributed by atoms with Crippen LogP contribution in [0.4, 0.5) is 0 Å². The van der Waals surface area contributed by atoms with Gasteiger partial charge in [-0.3, -0.25) is 9.69 Å². The molecule has 5 heteroatoms. The van der Waals surface area contributed by atoms with Crippen molar-refractivity contribution in [1.29, 1.82) is 0 Å². The lowest BCUT2D eigenvalue weighted by molar-refractivity contribution is -0.135. The second kappa shape index (κ2) is 11.7. The molecule has 0 atom stereocenters. The predicted octanol–water partition coefficient (Wildman–Crippen LogP) is 3.05. The van der Waals surface area contributed by atoms with Gasteiger partial charge in [0, 0.05) is 32.8 Å². The number of hydrogen-bond acceptors (Lipinski definition) is 4. The van der Waals surface area contributed by atoms with Crippen LogP contribution in [0.25, 0.3) is 0 Å². The lowest BCUT2D eigenvalue weighted by atomic mass is 10.1. The summed E-state index contributed by atoms with van der Waals surface area (Å²) in [6.45, 7) is 4.89. The molecule has 3 rings (SSSR count). The molecule has 0 saturated carbocycles. The van der Waals surface area contributed by atoms with Crippen molar-refractivity contribution < 1.29 is 9.53 Å². The van der Waals surface area contributed by atoms with Gasteiger partial charge in [0.2, 0.25) is 5.91 Å². The summed E-state index contributed by atoms with van der Waals surface area (Å²) in [5, 5.41) is 0. The number of nitrogens with two attached hydrogens (primary N) is 1. The highest BCUT2D eigenvalue weighted by molar-refractivity contribution is 5.78. The molecule has 0 unspecified atom stereocenters. The molecule has 1 aliphatic heterocycles. The zero-order valence-corrected chi connectivity index (χ0v) is 17.2. The van der Waals surface area contributed by atoms with Crippen molar-refractivity contribution in [2.24, 2.45) is 5.73 Å². The van der Waals surface area contributed by atoms with Crippen molar-refractivity contribution in [3.8, 4) is 0 Å². The Hall–Kier alpha value is -2.21. The van der Waals surface area contributed by atoms with Crippen LogP contribution in [-0.4, -0.2) is 54.6 Å². The van der Waals surface area contributed by atoms with Crippen LogP contribution in [0.5, 0.6) is 0 Å². The van der Waals surface area contributed by atoms with E-state index in [2.05, 4.69) is 29.2 Å². The van der Waals surface area contributed by atoms with Gasteiger partial charge in [-0.2, -0.15) is 0 Å². The molecule has 0 spiro atoms. The second-order valence-corrected chi connectivity index (χ2v) is 7.71. The highest BCUT2D eigenvalue weighted by atomic mass is 16.5. The number of ether oxygens (including phenoxy) is 1. The van der Waals surface area contributed by atoms with Gasteiger partial charge in [0.15, 0.2) is 0 Å². The Morgan fingerprint density at radius 1 is 0.966 bits per heavy atom. The Balaban J connectivity index is 1.55. The second-order valence-electron chi connectivity index (χ2n) is 7.71. The predicted molar refractivity (Wildman–Crippen MR) is 116 cm³/mol. The summed E-state index contributed by atoms with van der Waals surface area (Å²) in [6, 6.07) is 20.7. The van der Waals surface area contributed by atoms with Crippen LogP contribution in [0.1, 0.15) is 30.4 Å². The Bertz CT molecular complexity index is 674. The SMILES string of the molecule is NCCCOC1CCN(C(=O)CN(Cc2ccccc2)Cc2ccccc2)CC1. The number of nitrogens with zero attached hydrogens (tertiary/aromatic N) is 2. The highest BCUT2D eigenvalue weighted by Crippen LogP contribution is 2.16. The molecule has 1 saturated heterocycles. The number of rotatable bonds is 10. The highest BCUT2D eigenvalue weighted by Gasteiger charge is 2.24. The fourth-order valence-corrected chi connectivity index (χ4v) is 3.75. The van der Waals surface area contributed by atoms with Crippen LogP contribution >= 0.6 is 0 Å². The molecule has 0 radical (unpaired) electrons. The molecule has 1 aliphatic rings. The van der Waals surface area contributed by atoms with Crippen LogP contribution in [0.2, 0.25) is 0 Å². The van der Waals surface area contributed by atoms with Crippen molar-refractivity contribution in [2.75, 3.05) is 32.8 Å². The van der Waals surface area contributed by atoms with Crippen molar-refractivity contribution in [3.63, 3.8) is 0 Å². The number of amides is 1. The van der Waals surface area contributed by atoms with Gasteiger partial charge >= 0.3 is 0 Å². The summed E-state index contributed by atoms with van der Waals surface area (Å²) in [4.78, 5) is 17.2. The summed E-state index contributed by atoms with van der Waals surface area (Å²) in [5.41, 5.74) is 7.98. The number of carbonyl (C=O) groups is 1. The first kappa shape index (κ1) is 21.5. The van der Waals surface area contributed by atoms with E-state index in [4.69, 9.17) is 10.5 Å². The lowest BCUT2D eigenvalue weighted by Crippen LogP contribution is -2.45. The Morgan fingerprint density at radius 2 is 1.52 bits per heavy atom. The molecule has 0 aromatic heterocycles. The van der Waals surface area contributed by atoms with Gasteiger partial charge < -0.3 is 15.4 Å². The third-order valence-electron chi connectivity index (χ3n) is 5.35. The average Bonchev–Trinajstić information content (AvgIpc) is 2.76. The van der Waals surface area contributed by atoms with E-state index in [1.54, 1.807) is 0 Å². The zero-order chi connectivity index (χ0) is 20.3. The van der Waals surface area contributed by atoms with Crippen LogP contribution in [-0.2, 0) is 22.6 Å². The minimum absolute atomic E-state index is 0.206. The third kappa shape index (κ3) is 7.28. The molecule has 1 heterocycles. The first-order valence-corrected chi connectivity index (χ1v) is 10.6. The molecule has 2 N–H and O–H groups in total. The van der Waals surface area contributed by atoms with Crippen LogP contribution in [0.15, 0.2) is 60.7 Å². The fraction of sp³-hybridized carbons (Fsp3) is 0.458. The summed E-state index contributed by atoms with van der Waals surface area (Å²) in [5.74, 6) is 0.206. The Labute approximate surface area is 174 Å². The normalized spacial score (nSPS) is 15.0. The van der Waals surface area contributed by atoms with Crippen LogP contribution < -0.4 is 5.73 Å². The monoisotopic (exact) mass is 395 g/mol. The number of piperidine rings is 1. The minimum atomic E-state index is 0.206. The van der Waals surface area contributed by atoms with Gasteiger partial charge in [-0.1, -0.05) is 60.7 Å². The Kier molecular flexibility index (Phi) is 8.68. The number of benzene rings is 2. The van der Waals surface area contributed by atoms with E-state index in [9.17, 15) is 4.79 Å². The van der Waals surface area contributed by atoms with Crippen LogP contribution in [0, 0.1) is 0 Å². The first-order chi connectivity index (χ1) is 14.2. The standard InChI is InChI=1S/C24H33N3O2/c25-14-7-17-29-23-12-15-27(16-13-23)24(28)20-26(18-21-8-3-1-4-9-21)19-22-10-5-2-6-11-22/h1-6,8-11,23H,7,12-20,25H2. The number of likely N-dealkylation sites (tertiary alicyclic amines) is 1. The molecule has 29 heavy (non-hydrogen) atoms. The molecule has 2 aromatic rings. The van der Waals surface area contributed by atoms with Crippen molar-refractivity contribution in [2.45, 2.75) is 38.5 Å². The molecule has 1 fully saturated rings. The van der Waals surface area contributed by atoms with E-state index < -0.39 is 0 Å². The van der Waals surface area contributed by atoms with Crippen molar-refractivity contribution in [1.82, 2.24) is 9.80 Å². The van der Waals surface area contributed by atoms with E-state index in [1.165, 1.54) is 11.1 Å². The molecular weight excluding hydrogens is 362 g/mol. The lowest BCUT2D eigenvalue weighted by Gasteiger charge is -2.33.